The number of fused-ring (bicyclic) bond motifs is 1. The zero-order chi connectivity index (χ0) is 28.6. The summed E-state index contributed by atoms with van der Waals surface area (Å²) in [6.45, 7) is 2.15. The summed E-state index contributed by atoms with van der Waals surface area (Å²) in [4.78, 5) is 0. The van der Waals surface area contributed by atoms with Crippen LogP contribution in [0, 0.1) is 40.4 Å². The van der Waals surface area contributed by atoms with E-state index in [-0.39, 0.29) is 24.8 Å². The number of halogens is 5. The van der Waals surface area contributed by atoms with Gasteiger partial charge in [0.15, 0.2) is 0 Å². The SMILES string of the molecule is CCCCCCCc1cc(F)c(CCc2ccc3c(F)c(CCc4cc(F)c(C#N)c(F)c4)ccc3c2)c(F)c1. The highest BCUT2D eigenvalue weighted by atomic mass is 19.1. The molecule has 0 fully saturated rings. The van der Waals surface area contributed by atoms with Crippen molar-refractivity contribution >= 4 is 10.8 Å². The maximum Gasteiger partial charge on any atom is 0.144 e. The number of nitriles is 1. The predicted octanol–water partition coefficient (Wildman–Crippen LogP) is 9.49. The van der Waals surface area contributed by atoms with Gasteiger partial charge in [-0.25, -0.2) is 22.0 Å². The summed E-state index contributed by atoms with van der Waals surface area (Å²) in [5, 5.41) is 9.88. The number of aryl methyl sites for hydroxylation is 4. The maximum absolute atomic E-state index is 15.2. The van der Waals surface area contributed by atoms with Gasteiger partial charge in [0.25, 0.3) is 0 Å². The molecule has 4 aromatic carbocycles. The molecule has 0 aliphatic rings. The zero-order valence-electron chi connectivity index (χ0n) is 22.6. The Morgan fingerprint density at radius 1 is 0.600 bits per heavy atom. The number of nitrogens with zero attached hydrogens (tertiary/aromatic N) is 1. The van der Waals surface area contributed by atoms with E-state index >= 15 is 4.39 Å². The van der Waals surface area contributed by atoms with E-state index in [2.05, 4.69) is 6.92 Å². The number of hydrogen-bond acceptors (Lipinski definition) is 1. The lowest BCUT2D eigenvalue weighted by Gasteiger charge is -2.11. The van der Waals surface area contributed by atoms with Crippen LogP contribution in [0.4, 0.5) is 22.0 Å². The first kappa shape index (κ1) is 29.3. The van der Waals surface area contributed by atoms with Gasteiger partial charge >= 0.3 is 0 Å². The molecule has 0 saturated heterocycles. The topological polar surface area (TPSA) is 23.8 Å². The predicted molar refractivity (Wildman–Crippen MR) is 149 cm³/mol. The highest BCUT2D eigenvalue weighted by Gasteiger charge is 2.14. The van der Waals surface area contributed by atoms with Gasteiger partial charge in [0.1, 0.15) is 40.7 Å². The Kier molecular flexibility index (Phi) is 9.93. The van der Waals surface area contributed by atoms with Crippen LogP contribution >= 0.6 is 0 Å². The smallest absolute Gasteiger partial charge is 0.144 e. The second-order valence-corrected chi connectivity index (χ2v) is 10.3. The molecular weight excluding hydrogens is 517 g/mol. The van der Waals surface area contributed by atoms with Crippen LogP contribution in [0.5, 0.6) is 0 Å². The Bertz CT molecular complexity index is 1490. The van der Waals surface area contributed by atoms with Gasteiger partial charge in [-0.05, 0) is 90.4 Å². The summed E-state index contributed by atoms with van der Waals surface area (Å²) in [7, 11) is 0. The fraction of sp³-hybridized carbons (Fsp3) is 0.324. The average Bonchev–Trinajstić information content (AvgIpc) is 2.92. The number of unbranched alkanes of at least 4 members (excludes halogenated alkanes) is 4. The van der Waals surface area contributed by atoms with Gasteiger partial charge in [0.05, 0.1) is 0 Å². The first-order valence-electron chi connectivity index (χ1n) is 13.9. The molecule has 0 amide bonds. The molecule has 0 aliphatic carbocycles. The molecule has 0 heterocycles. The minimum atomic E-state index is -0.933. The summed E-state index contributed by atoms with van der Waals surface area (Å²) in [5.41, 5.74) is 1.69. The van der Waals surface area contributed by atoms with Crippen molar-refractivity contribution in [2.24, 2.45) is 0 Å². The molecule has 0 aliphatic heterocycles. The lowest BCUT2D eigenvalue weighted by atomic mass is 9.96. The molecule has 0 N–H and O–H groups in total. The number of rotatable bonds is 12. The fourth-order valence-electron chi connectivity index (χ4n) is 5.13. The van der Waals surface area contributed by atoms with Crippen LogP contribution in [0.25, 0.3) is 10.8 Å². The lowest BCUT2D eigenvalue weighted by Crippen LogP contribution is -2.02. The van der Waals surface area contributed by atoms with E-state index in [0.717, 1.165) is 43.4 Å². The average molecular weight is 550 g/mol. The van der Waals surface area contributed by atoms with Gasteiger partial charge < -0.3 is 0 Å². The van der Waals surface area contributed by atoms with Crippen molar-refractivity contribution in [3.63, 3.8) is 0 Å². The van der Waals surface area contributed by atoms with Crippen LogP contribution in [0.15, 0.2) is 54.6 Å². The molecule has 0 saturated carbocycles. The minimum Gasteiger partial charge on any atom is -0.207 e. The van der Waals surface area contributed by atoms with Gasteiger partial charge in [0.2, 0.25) is 0 Å². The second-order valence-electron chi connectivity index (χ2n) is 10.3. The minimum absolute atomic E-state index is 0.0621. The van der Waals surface area contributed by atoms with Gasteiger partial charge in [-0.2, -0.15) is 5.26 Å². The molecule has 0 bridgehead atoms. The third-order valence-electron chi connectivity index (χ3n) is 7.43. The van der Waals surface area contributed by atoms with Crippen molar-refractivity contribution < 1.29 is 22.0 Å². The van der Waals surface area contributed by atoms with Crippen LogP contribution < -0.4 is 0 Å². The molecule has 208 valence electrons. The standard InChI is InChI=1S/C34H32F5N/c1-2-3-4-5-6-7-23-17-30(35)28(31(36)18-23)15-10-22-9-14-27-26(16-22)13-12-25(34(27)39)11-8-24-19-32(37)29(21-40)33(38)20-24/h9,12-14,16-20H,2-8,10-11,15H2,1H3. The van der Waals surface area contributed by atoms with Crippen molar-refractivity contribution in [2.75, 3.05) is 0 Å². The van der Waals surface area contributed by atoms with E-state index < -0.39 is 34.6 Å². The molecule has 0 unspecified atom stereocenters. The van der Waals surface area contributed by atoms with Crippen LogP contribution in [0.3, 0.4) is 0 Å². The first-order valence-corrected chi connectivity index (χ1v) is 13.9. The van der Waals surface area contributed by atoms with Crippen molar-refractivity contribution in [1.82, 2.24) is 0 Å². The molecule has 40 heavy (non-hydrogen) atoms. The third kappa shape index (κ3) is 7.07. The molecule has 4 aromatic rings. The number of benzene rings is 4. The van der Waals surface area contributed by atoms with Gasteiger partial charge in [-0.1, -0.05) is 62.9 Å². The first-order chi connectivity index (χ1) is 19.3. The lowest BCUT2D eigenvalue weighted by molar-refractivity contribution is 0.549. The molecule has 1 nitrogen and oxygen atoms in total. The highest BCUT2D eigenvalue weighted by molar-refractivity contribution is 5.84. The maximum atomic E-state index is 15.2. The van der Waals surface area contributed by atoms with Crippen molar-refractivity contribution in [3.05, 3.63) is 117 Å². The molecule has 4 rings (SSSR count). The molecule has 6 heteroatoms. The van der Waals surface area contributed by atoms with E-state index in [9.17, 15) is 17.6 Å². The van der Waals surface area contributed by atoms with Gasteiger partial charge in [0, 0.05) is 10.9 Å². The Labute approximate surface area is 232 Å². The normalized spacial score (nSPS) is 11.2. The van der Waals surface area contributed by atoms with E-state index in [4.69, 9.17) is 5.26 Å². The van der Waals surface area contributed by atoms with Crippen molar-refractivity contribution in [1.29, 1.82) is 5.26 Å². The zero-order valence-corrected chi connectivity index (χ0v) is 22.6. The Balaban J connectivity index is 1.40. The van der Waals surface area contributed by atoms with Crippen molar-refractivity contribution in [3.8, 4) is 6.07 Å². The Morgan fingerprint density at radius 3 is 1.90 bits per heavy atom. The van der Waals surface area contributed by atoms with E-state index in [0.29, 0.717) is 40.3 Å². The Morgan fingerprint density at radius 2 is 1.23 bits per heavy atom. The summed E-state index contributed by atoms with van der Waals surface area (Å²) >= 11 is 0. The summed E-state index contributed by atoms with van der Waals surface area (Å²) in [5.74, 6) is -3.33. The molecule has 0 aromatic heterocycles. The highest BCUT2D eigenvalue weighted by Crippen LogP contribution is 2.26. The molecule has 0 radical (unpaired) electrons. The molecule has 0 atom stereocenters. The molecular formula is C34H32F5N. The Hall–Kier alpha value is -3.72. The second kappa shape index (κ2) is 13.6. The summed E-state index contributed by atoms with van der Waals surface area (Å²) < 4.78 is 72.5. The van der Waals surface area contributed by atoms with E-state index in [1.54, 1.807) is 24.3 Å². The fourth-order valence-corrected chi connectivity index (χ4v) is 5.13. The van der Waals surface area contributed by atoms with E-state index in [1.165, 1.54) is 24.6 Å². The van der Waals surface area contributed by atoms with Crippen LogP contribution in [-0.2, 0) is 32.1 Å². The van der Waals surface area contributed by atoms with Gasteiger partial charge in [-0.15, -0.1) is 0 Å². The third-order valence-corrected chi connectivity index (χ3v) is 7.43. The monoisotopic (exact) mass is 549 g/mol. The largest absolute Gasteiger partial charge is 0.207 e. The summed E-state index contributed by atoms with van der Waals surface area (Å²) in [6.07, 6.45) is 7.12. The number of hydrogen-bond donors (Lipinski definition) is 0. The van der Waals surface area contributed by atoms with Crippen LogP contribution in [-0.4, -0.2) is 0 Å². The van der Waals surface area contributed by atoms with Crippen LogP contribution in [0.2, 0.25) is 0 Å². The molecule has 0 spiro atoms. The van der Waals surface area contributed by atoms with Crippen molar-refractivity contribution in [2.45, 2.75) is 71.1 Å². The summed E-state index contributed by atoms with van der Waals surface area (Å²) in [6, 6.07) is 15.2. The van der Waals surface area contributed by atoms with E-state index in [1.807, 2.05) is 6.07 Å². The quantitative estimate of drug-likeness (QED) is 0.128. The van der Waals surface area contributed by atoms with Crippen LogP contribution in [0.1, 0.15) is 72.4 Å². The van der Waals surface area contributed by atoms with Gasteiger partial charge in [-0.3, -0.25) is 0 Å².